The lowest BCUT2D eigenvalue weighted by molar-refractivity contribution is -0.132. The summed E-state index contributed by atoms with van der Waals surface area (Å²) in [6.45, 7) is 5.44. The number of piperidine rings is 1. The molecule has 2 aliphatic rings. The first-order chi connectivity index (χ1) is 14.7. The number of ether oxygens (including phenoxy) is 1. The van der Waals surface area contributed by atoms with Crippen molar-refractivity contribution in [2.45, 2.75) is 32.4 Å². The SMILES string of the molecule is O=C(c1ccccc1)[C@@H]1CCCN(C(=O)CCn2nnnc2CN2CCOCC2)C1. The number of ketones is 1. The van der Waals surface area contributed by atoms with Crippen molar-refractivity contribution in [3.05, 3.63) is 41.7 Å². The molecule has 3 heterocycles. The summed E-state index contributed by atoms with van der Waals surface area (Å²) >= 11 is 0. The number of carbonyl (C=O) groups is 2. The number of morpholine rings is 1. The summed E-state index contributed by atoms with van der Waals surface area (Å²) in [6, 6.07) is 9.34. The Morgan fingerprint density at radius 1 is 1.10 bits per heavy atom. The molecule has 0 unspecified atom stereocenters. The predicted octanol–water partition coefficient (Wildman–Crippen LogP) is 1.02. The van der Waals surface area contributed by atoms with E-state index in [0.717, 1.165) is 50.5 Å². The van der Waals surface area contributed by atoms with Crippen molar-refractivity contribution in [3.8, 4) is 0 Å². The normalized spacial score (nSPS) is 20.3. The maximum atomic E-state index is 12.8. The summed E-state index contributed by atoms with van der Waals surface area (Å²) in [5, 5.41) is 12.0. The zero-order valence-corrected chi connectivity index (χ0v) is 17.2. The Kier molecular flexibility index (Phi) is 6.81. The van der Waals surface area contributed by atoms with E-state index in [1.807, 2.05) is 35.2 Å². The van der Waals surface area contributed by atoms with Gasteiger partial charge in [-0.3, -0.25) is 14.5 Å². The molecular weight excluding hydrogens is 384 g/mol. The largest absolute Gasteiger partial charge is 0.379 e. The third kappa shape index (κ3) is 5.09. The third-order valence-electron chi connectivity index (χ3n) is 5.82. The maximum absolute atomic E-state index is 12.8. The van der Waals surface area contributed by atoms with E-state index >= 15 is 0 Å². The molecular formula is C21H28N6O3. The molecule has 1 aromatic carbocycles. The van der Waals surface area contributed by atoms with Gasteiger partial charge in [0.15, 0.2) is 11.6 Å². The van der Waals surface area contributed by atoms with Crippen molar-refractivity contribution in [2.75, 3.05) is 39.4 Å². The summed E-state index contributed by atoms with van der Waals surface area (Å²) in [7, 11) is 0. The molecule has 2 saturated heterocycles. The highest BCUT2D eigenvalue weighted by atomic mass is 16.5. The topological polar surface area (TPSA) is 93.5 Å². The molecule has 0 radical (unpaired) electrons. The molecule has 9 nitrogen and oxygen atoms in total. The van der Waals surface area contributed by atoms with Crippen molar-refractivity contribution in [1.29, 1.82) is 0 Å². The van der Waals surface area contributed by atoms with Gasteiger partial charge in [-0.05, 0) is 23.3 Å². The van der Waals surface area contributed by atoms with Crippen molar-refractivity contribution < 1.29 is 14.3 Å². The number of aryl methyl sites for hydroxylation is 1. The molecule has 0 saturated carbocycles. The number of Topliss-reactive ketones (excluding diaryl/α,β-unsaturated/α-hetero) is 1. The zero-order valence-electron chi connectivity index (χ0n) is 17.2. The van der Waals surface area contributed by atoms with Crippen molar-refractivity contribution >= 4 is 11.7 Å². The molecule has 4 rings (SSSR count). The number of nitrogens with zero attached hydrogens (tertiary/aromatic N) is 6. The first-order valence-corrected chi connectivity index (χ1v) is 10.6. The standard InChI is InChI=1S/C21H28N6O3/c28-20(8-10-27-19(22-23-24-27)16-25-11-13-30-14-12-25)26-9-4-7-18(15-26)21(29)17-5-2-1-3-6-17/h1-3,5-6,18H,4,7-16H2/t18-/m1/s1. The van der Waals surface area contributed by atoms with Crippen molar-refractivity contribution in [2.24, 2.45) is 5.92 Å². The van der Waals surface area contributed by atoms with E-state index in [-0.39, 0.29) is 17.6 Å². The second kappa shape index (κ2) is 9.90. The van der Waals surface area contributed by atoms with Crippen LogP contribution in [-0.4, -0.2) is 81.1 Å². The summed E-state index contributed by atoms with van der Waals surface area (Å²) in [5.41, 5.74) is 0.721. The number of hydrogen-bond donors (Lipinski definition) is 0. The number of tetrazole rings is 1. The lowest BCUT2D eigenvalue weighted by atomic mass is 9.90. The molecule has 1 aromatic heterocycles. The fraction of sp³-hybridized carbons (Fsp3) is 0.571. The second-order valence-electron chi connectivity index (χ2n) is 7.87. The van der Waals surface area contributed by atoms with Gasteiger partial charge < -0.3 is 9.64 Å². The first-order valence-electron chi connectivity index (χ1n) is 10.6. The number of rotatable bonds is 7. The molecule has 0 spiro atoms. The Hall–Kier alpha value is -2.65. The van der Waals surface area contributed by atoms with E-state index in [1.165, 1.54) is 0 Å². The fourth-order valence-corrected chi connectivity index (χ4v) is 4.08. The predicted molar refractivity (Wildman–Crippen MR) is 109 cm³/mol. The minimum absolute atomic E-state index is 0.0494. The lowest BCUT2D eigenvalue weighted by Gasteiger charge is -2.32. The minimum atomic E-state index is -0.130. The van der Waals surface area contributed by atoms with Crippen LogP contribution in [0.1, 0.15) is 35.4 Å². The van der Waals surface area contributed by atoms with Crippen LogP contribution < -0.4 is 0 Å². The Labute approximate surface area is 176 Å². The molecule has 0 aliphatic carbocycles. The number of likely N-dealkylation sites (tertiary alicyclic amines) is 1. The van der Waals surface area contributed by atoms with Gasteiger partial charge in [-0.15, -0.1) is 5.10 Å². The highest BCUT2D eigenvalue weighted by Crippen LogP contribution is 2.21. The first kappa shape index (κ1) is 20.6. The molecule has 30 heavy (non-hydrogen) atoms. The van der Waals surface area contributed by atoms with Gasteiger partial charge in [0.1, 0.15) is 0 Å². The molecule has 2 fully saturated rings. The van der Waals surface area contributed by atoms with Gasteiger partial charge in [-0.25, -0.2) is 4.68 Å². The molecule has 9 heteroatoms. The molecule has 160 valence electrons. The Bertz CT molecular complexity index is 849. The van der Waals surface area contributed by atoms with Crippen LogP contribution >= 0.6 is 0 Å². The summed E-state index contributed by atoms with van der Waals surface area (Å²) in [6.07, 6.45) is 2.00. The van der Waals surface area contributed by atoms with E-state index < -0.39 is 0 Å². The van der Waals surface area contributed by atoms with Crippen molar-refractivity contribution in [3.63, 3.8) is 0 Å². The van der Waals surface area contributed by atoms with Crippen LogP contribution in [0.5, 0.6) is 0 Å². The average Bonchev–Trinajstić information content (AvgIpc) is 3.25. The third-order valence-corrected chi connectivity index (χ3v) is 5.82. The average molecular weight is 412 g/mol. The number of carbonyl (C=O) groups excluding carboxylic acids is 2. The fourth-order valence-electron chi connectivity index (χ4n) is 4.08. The van der Waals surface area contributed by atoms with Crippen LogP contribution in [0.3, 0.4) is 0 Å². The maximum Gasteiger partial charge on any atom is 0.224 e. The molecule has 2 aliphatic heterocycles. The number of hydrogen-bond acceptors (Lipinski definition) is 7. The van der Waals surface area contributed by atoms with Gasteiger partial charge in [-0.1, -0.05) is 30.3 Å². The minimum Gasteiger partial charge on any atom is -0.379 e. The summed E-state index contributed by atoms with van der Waals surface area (Å²) < 4.78 is 7.09. The van der Waals surface area contributed by atoms with Gasteiger partial charge >= 0.3 is 0 Å². The van der Waals surface area contributed by atoms with Crippen LogP contribution in [0.4, 0.5) is 0 Å². The van der Waals surface area contributed by atoms with E-state index in [0.29, 0.717) is 32.6 Å². The Balaban J connectivity index is 1.30. The summed E-state index contributed by atoms with van der Waals surface area (Å²) in [5.74, 6) is 0.810. The van der Waals surface area contributed by atoms with Crippen LogP contribution in [0.15, 0.2) is 30.3 Å². The van der Waals surface area contributed by atoms with Gasteiger partial charge in [0, 0.05) is 44.1 Å². The monoisotopic (exact) mass is 412 g/mol. The highest BCUT2D eigenvalue weighted by molar-refractivity contribution is 5.98. The Morgan fingerprint density at radius 2 is 1.90 bits per heavy atom. The highest BCUT2D eigenvalue weighted by Gasteiger charge is 2.29. The van der Waals surface area contributed by atoms with E-state index in [2.05, 4.69) is 20.4 Å². The smallest absolute Gasteiger partial charge is 0.224 e. The van der Waals surface area contributed by atoms with Gasteiger partial charge in [0.05, 0.1) is 26.3 Å². The molecule has 0 bridgehead atoms. The quantitative estimate of drug-likeness (QED) is 0.627. The van der Waals surface area contributed by atoms with Crippen LogP contribution in [0.2, 0.25) is 0 Å². The van der Waals surface area contributed by atoms with Gasteiger partial charge in [0.25, 0.3) is 0 Å². The number of amides is 1. The molecule has 0 N–H and O–H groups in total. The van der Waals surface area contributed by atoms with Crippen LogP contribution in [-0.2, 0) is 22.6 Å². The van der Waals surface area contributed by atoms with Gasteiger partial charge in [0.2, 0.25) is 5.91 Å². The molecule has 2 aromatic rings. The summed E-state index contributed by atoms with van der Waals surface area (Å²) in [4.78, 5) is 29.6. The lowest BCUT2D eigenvalue weighted by Crippen LogP contribution is -2.42. The van der Waals surface area contributed by atoms with Gasteiger partial charge in [-0.2, -0.15) is 0 Å². The van der Waals surface area contributed by atoms with Crippen LogP contribution in [0, 0.1) is 5.92 Å². The second-order valence-corrected chi connectivity index (χ2v) is 7.87. The van der Waals surface area contributed by atoms with E-state index in [4.69, 9.17) is 4.74 Å². The molecule has 1 atom stereocenters. The number of benzene rings is 1. The van der Waals surface area contributed by atoms with Crippen molar-refractivity contribution in [1.82, 2.24) is 30.0 Å². The van der Waals surface area contributed by atoms with E-state index in [9.17, 15) is 9.59 Å². The Morgan fingerprint density at radius 3 is 2.70 bits per heavy atom. The molecule has 1 amide bonds. The number of aromatic nitrogens is 4. The van der Waals surface area contributed by atoms with E-state index in [1.54, 1.807) is 4.68 Å². The van der Waals surface area contributed by atoms with Crippen LogP contribution in [0.25, 0.3) is 0 Å². The zero-order chi connectivity index (χ0) is 20.8.